The molecule has 0 unspecified atom stereocenters. The molecule has 0 saturated carbocycles. The van der Waals surface area contributed by atoms with Crippen molar-refractivity contribution in [2.24, 2.45) is 0 Å². The third-order valence-electron chi connectivity index (χ3n) is 7.15. The molecule has 7 nitrogen and oxygen atoms in total. The van der Waals surface area contributed by atoms with Crippen LogP contribution in [0.3, 0.4) is 0 Å². The first-order valence-corrected chi connectivity index (χ1v) is 11.4. The molecule has 1 fully saturated rings. The third-order valence-corrected chi connectivity index (χ3v) is 7.15. The highest BCUT2D eigenvalue weighted by Gasteiger charge is 2.47. The number of benzene rings is 2. The molecule has 1 saturated heterocycles. The predicted molar refractivity (Wildman–Crippen MR) is 123 cm³/mol. The van der Waals surface area contributed by atoms with Gasteiger partial charge in [-0.3, -0.25) is 24.1 Å². The molecule has 2 aliphatic heterocycles. The molecule has 2 aliphatic rings. The van der Waals surface area contributed by atoms with Crippen LogP contribution in [-0.2, 0) is 9.59 Å². The van der Waals surface area contributed by atoms with Crippen LogP contribution in [0.2, 0.25) is 0 Å². The van der Waals surface area contributed by atoms with Gasteiger partial charge in [-0.05, 0) is 56.5 Å². The Morgan fingerprint density at radius 3 is 2.18 bits per heavy atom. The molecule has 2 heterocycles. The largest absolute Gasteiger partial charge is 0.341 e. The van der Waals surface area contributed by atoms with Crippen LogP contribution in [0.25, 0.3) is 0 Å². The highest BCUT2D eigenvalue weighted by atomic mass is 19.1. The Labute approximate surface area is 198 Å². The Kier molecular flexibility index (Phi) is 6.25. The number of fused-ring (bicyclic) bond motifs is 1. The average molecular weight is 466 g/mol. The second kappa shape index (κ2) is 9.00. The lowest BCUT2D eigenvalue weighted by atomic mass is 10.0. The molecule has 0 bridgehead atoms. The fourth-order valence-electron chi connectivity index (χ4n) is 5.10. The number of hydrogen-bond donors (Lipinski definition) is 0. The van der Waals surface area contributed by atoms with Gasteiger partial charge in [-0.2, -0.15) is 0 Å². The third kappa shape index (κ3) is 3.87. The van der Waals surface area contributed by atoms with Gasteiger partial charge in [0.1, 0.15) is 11.9 Å². The Bertz CT molecular complexity index is 1130. The van der Waals surface area contributed by atoms with E-state index in [1.165, 1.54) is 19.1 Å². The highest BCUT2D eigenvalue weighted by Crippen LogP contribution is 2.40. The van der Waals surface area contributed by atoms with E-state index in [-0.39, 0.29) is 29.1 Å². The van der Waals surface area contributed by atoms with Crippen LogP contribution >= 0.6 is 0 Å². The minimum Gasteiger partial charge on any atom is -0.341 e. The number of carbonyl (C=O) groups is 4. The summed E-state index contributed by atoms with van der Waals surface area (Å²) in [5.74, 6) is -1.96. The van der Waals surface area contributed by atoms with E-state index in [9.17, 15) is 23.6 Å². The van der Waals surface area contributed by atoms with Crippen molar-refractivity contribution < 1.29 is 23.6 Å². The Balaban J connectivity index is 1.70. The number of amides is 4. The van der Waals surface area contributed by atoms with Gasteiger partial charge in [-0.25, -0.2) is 4.39 Å². The van der Waals surface area contributed by atoms with Crippen molar-refractivity contribution in [2.75, 3.05) is 7.05 Å². The minimum absolute atomic E-state index is 0.137. The number of halogens is 1. The SMILES string of the molecule is CC(=O)N(C)[C@@H](C)[C@H]1CC[C@@H](c2cccc(F)c2)N1C(=O)[C@@H](C)N1C(=O)c2ccccc2C1=O. The van der Waals surface area contributed by atoms with Crippen LogP contribution < -0.4 is 0 Å². The second-order valence-corrected chi connectivity index (χ2v) is 9.03. The minimum atomic E-state index is -1.06. The quantitative estimate of drug-likeness (QED) is 0.634. The maximum Gasteiger partial charge on any atom is 0.262 e. The molecular formula is C26H28FN3O4. The average Bonchev–Trinajstić information content (AvgIpc) is 3.37. The van der Waals surface area contributed by atoms with E-state index < -0.39 is 35.6 Å². The molecule has 4 rings (SSSR count). The number of imide groups is 1. The number of carbonyl (C=O) groups excluding carboxylic acids is 4. The van der Waals surface area contributed by atoms with Crippen molar-refractivity contribution in [3.8, 4) is 0 Å². The summed E-state index contributed by atoms with van der Waals surface area (Å²) in [6.07, 6.45) is 1.17. The molecule has 2 aromatic rings. The molecule has 0 spiro atoms. The summed E-state index contributed by atoms with van der Waals surface area (Å²) in [7, 11) is 1.68. The number of likely N-dealkylation sites (tertiary alicyclic amines) is 1. The first kappa shape index (κ1) is 23.6. The van der Waals surface area contributed by atoms with Gasteiger partial charge in [0.25, 0.3) is 11.8 Å². The van der Waals surface area contributed by atoms with E-state index >= 15 is 0 Å². The van der Waals surface area contributed by atoms with Gasteiger partial charge in [0.2, 0.25) is 11.8 Å². The standard InChI is InChI=1S/C26H28FN3O4/c1-15(28(4)17(3)31)22-12-13-23(18-8-7-9-19(27)14-18)30(22)24(32)16(2)29-25(33)20-10-5-6-11-21(20)26(29)34/h5-11,14-16,22-23H,12-13H2,1-4H3/t15-,16+,22+,23-/m0/s1. The van der Waals surface area contributed by atoms with Crippen LogP contribution in [0.1, 0.15) is 65.9 Å². The lowest BCUT2D eigenvalue weighted by Crippen LogP contribution is -2.55. The first-order valence-electron chi connectivity index (χ1n) is 11.4. The number of likely N-dealkylation sites (N-methyl/N-ethyl adjacent to an activating group) is 1. The first-order chi connectivity index (χ1) is 16.1. The molecule has 4 amide bonds. The van der Waals surface area contributed by atoms with Crippen LogP contribution in [0.5, 0.6) is 0 Å². The topological polar surface area (TPSA) is 78.0 Å². The van der Waals surface area contributed by atoms with E-state index in [4.69, 9.17) is 0 Å². The summed E-state index contributed by atoms with van der Waals surface area (Å²) in [5.41, 5.74) is 1.19. The van der Waals surface area contributed by atoms with Crippen molar-refractivity contribution in [1.82, 2.24) is 14.7 Å². The van der Waals surface area contributed by atoms with Crippen LogP contribution in [0.4, 0.5) is 4.39 Å². The summed E-state index contributed by atoms with van der Waals surface area (Å²) in [6.45, 7) is 4.87. The molecule has 178 valence electrons. The zero-order valence-corrected chi connectivity index (χ0v) is 19.7. The molecular weight excluding hydrogens is 437 g/mol. The molecule has 0 aliphatic carbocycles. The van der Waals surface area contributed by atoms with Gasteiger partial charge < -0.3 is 9.80 Å². The number of rotatable bonds is 5. The molecule has 34 heavy (non-hydrogen) atoms. The fraction of sp³-hybridized carbons (Fsp3) is 0.385. The van der Waals surface area contributed by atoms with Crippen LogP contribution in [-0.4, -0.2) is 63.5 Å². The van der Waals surface area contributed by atoms with Crippen molar-refractivity contribution in [3.63, 3.8) is 0 Å². The monoisotopic (exact) mass is 465 g/mol. The fourth-order valence-corrected chi connectivity index (χ4v) is 5.10. The Hall–Kier alpha value is -3.55. The predicted octanol–water partition coefficient (Wildman–Crippen LogP) is 3.41. The normalized spacial score (nSPS) is 21.4. The van der Waals surface area contributed by atoms with Gasteiger partial charge >= 0.3 is 0 Å². The summed E-state index contributed by atoms with van der Waals surface area (Å²) in [6, 6.07) is 10.5. The van der Waals surface area contributed by atoms with Crippen LogP contribution in [0.15, 0.2) is 48.5 Å². The second-order valence-electron chi connectivity index (χ2n) is 9.03. The van der Waals surface area contributed by atoms with E-state index in [0.29, 0.717) is 18.4 Å². The van der Waals surface area contributed by atoms with E-state index in [0.717, 1.165) is 4.90 Å². The van der Waals surface area contributed by atoms with Crippen molar-refractivity contribution in [2.45, 2.75) is 57.8 Å². The number of nitrogens with zero attached hydrogens (tertiary/aromatic N) is 3. The van der Waals surface area contributed by atoms with E-state index in [1.54, 1.807) is 60.2 Å². The smallest absolute Gasteiger partial charge is 0.262 e. The molecule has 0 radical (unpaired) electrons. The zero-order valence-electron chi connectivity index (χ0n) is 19.7. The molecule has 2 aromatic carbocycles. The van der Waals surface area contributed by atoms with Crippen molar-refractivity contribution in [1.29, 1.82) is 0 Å². The van der Waals surface area contributed by atoms with Gasteiger partial charge in [0.15, 0.2) is 0 Å². The Morgan fingerprint density at radius 1 is 1.00 bits per heavy atom. The van der Waals surface area contributed by atoms with Gasteiger partial charge in [-0.1, -0.05) is 24.3 Å². The maximum atomic E-state index is 14.0. The lowest BCUT2D eigenvalue weighted by Gasteiger charge is -2.39. The molecule has 8 heteroatoms. The summed E-state index contributed by atoms with van der Waals surface area (Å²) in [4.78, 5) is 56.2. The molecule has 0 aromatic heterocycles. The lowest BCUT2D eigenvalue weighted by molar-refractivity contribution is -0.141. The zero-order chi connectivity index (χ0) is 24.7. The summed E-state index contributed by atoms with van der Waals surface area (Å²) in [5, 5.41) is 0. The van der Waals surface area contributed by atoms with E-state index in [2.05, 4.69) is 0 Å². The molecule has 4 atom stereocenters. The van der Waals surface area contributed by atoms with E-state index in [1.807, 2.05) is 6.92 Å². The Morgan fingerprint density at radius 2 is 1.62 bits per heavy atom. The number of hydrogen-bond acceptors (Lipinski definition) is 4. The van der Waals surface area contributed by atoms with Gasteiger partial charge in [0.05, 0.1) is 23.2 Å². The summed E-state index contributed by atoms with van der Waals surface area (Å²) < 4.78 is 14.0. The van der Waals surface area contributed by atoms with Crippen molar-refractivity contribution in [3.05, 3.63) is 71.0 Å². The van der Waals surface area contributed by atoms with Gasteiger partial charge in [-0.15, -0.1) is 0 Å². The highest BCUT2D eigenvalue weighted by molar-refractivity contribution is 6.22. The maximum absolute atomic E-state index is 14.0. The van der Waals surface area contributed by atoms with Crippen LogP contribution in [0, 0.1) is 5.82 Å². The van der Waals surface area contributed by atoms with Gasteiger partial charge in [0, 0.05) is 20.0 Å². The van der Waals surface area contributed by atoms with Crippen molar-refractivity contribution >= 4 is 23.6 Å². The molecule has 0 N–H and O–H groups in total. The summed E-state index contributed by atoms with van der Waals surface area (Å²) >= 11 is 0.